The molecule has 3 nitrogen and oxygen atoms in total. The van der Waals surface area contributed by atoms with Crippen LogP contribution in [0.15, 0.2) is 11.6 Å². The average Bonchev–Trinajstić information content (AvgIpc) is 2.84. The summed E-state index contributed by atoms with van der Waals surface area (Å²) in [6.45, 7) is 3.60. The van der Waals surface area contributed by atoms with E-state index in [-0.39, 0.29) is 5.41 Å². The Morgan fingerprint density at radius 1 is 1.32 bits per heavy atom. The van der Waals surface area contributed by atoms with Crippen LogP contribution in [0.25, 0.3) is 0 Å². The van der Waals surface area contributed by atoms with E-state index in [4.69, 9.17) is 9.47 Å². The van der Waals surface area contributed by atoms with Gasteiger partial charge >= 0.3 is 0 Å². The summed E-state index contributed by atoms with van der Waals surface area (Å²) in [5.74, 6) is 3.26. The topological polar surface area (TPSA) is 42.2 Å². The minimum absolute atomic E-state index is 0.185. The van der Waals surface area contributed by atoms with Gasteiger partial charge in [-0.05, 0) is 62.2 Å². The van der Waals surface area contributed by atoms with Crippen molar-refractivity contribution in [2.45, 2.75) is 51.9 Å². The molecule has 0 spiro atoms. The van der Waals surface area contributed by atoms with Crippen molar-refractivity contribution < 1.29 is 9.47 Å². The summed E-state index contributed by atoms with van der Waals surface area (Å²) in [7, 11) is 1.68. The number of methoxy groups -OCH3 is 1. The van der Waals surface area contributed by atoms with Crippen LogP contribution < -0.4 is 0 Å². The monoisotopic (exact) mass is 303 g/mol. The third-order valence-corrected chi connectivity index (χ3v) is 6.64. The molecule has 0 amide bonds. The van der Waals surface area contributed by atoms with Crippen molar-refractivity contribution in [3.8, 4) is 6.07 Å². The van der Waals surface area contributed by atoms with Crippen molar-refractivity contribution in [3.05, 3.63) is 11.6 Å². The van der Waals surface area contributed by atoms with Crippen LogP contribution in [0.4, 0.5) is 0 Å². The minimum atomic E-state index is 0.185. The van der Waals surface area contributed by atoms with Gasteiger partial charge in [-0.15, -0.1) is 0 Å². The van der Waals surface area contributed by atoms with Crippen LogP contribution in [-0.2, 0) is 9.47 Å². The molecule has 0 aromatic rings. The van der Waals surface area contributed by atoms with E-state index in [0.29, 0.717) is 12.7 Å². The number of allylic oxidation sites excluding steroid dienone is 2. The van der Waals surface area contributed by atoms with Gasteiger partial charge in [-0.1, -0.05) is 19.4 Å². The normalized spacial score (nSPS) is 40.5. The zero-order chi connectivity index (χ0) is 15.6. The number of nitriles is 1. The summed E-state index contributed by atoms with van der Waals surface area (Å²) in [6.07, 6.45) is 11.2. The standard InChI is InChI=1S/C19H29NO2/c1-19-11-15-4-3-14(7-8-22-13-21-2)9-16(15)10-17(19)5-6-18(19)12-20/h6,14-17H,3-5,7-11,13H2,1-2H3/t14-,15+,16-,17-,19-/m0/s1. The van der Waals surface area contributed by atoms with Crippen LogP contribution >= 0.6 is 0 Å². The molecule has 0 radical (unpaired) electrons. The van der Waals surface area contributed by atoms with Gasteiger partial charge in [-0.25, -0.2) is 0 Å². The van der Waals surface area contributed by atoms with Crippen LogP contribution in [0, 0.1) is 40.4 Å². The maximum atomic E-state index is 9.41. The maximum absolute atomic E-state index is 9.41. The first-order valence-electron chi connectivity index (χ1n) is 8.84. The highest BCUT2D eigenvalue weighted by atomic mass is 16.7. The van der Waals surface area contributed by atoms with Crippen molar-refractivity contribution in [2.75, 3.05) is 20.5 Å². The lowest BCUT2D eigenvalue weighted by Gasteiger charge is -2.49. The van der Waals surface area contributed by atoms with Gasteiger partial charge < -0.3 is 9.47 Å². The highest BCUT2D eigenvalue weighted by Crippen LogP contribution is 2.58. The second-order valence-corrected chi connectivity index (χ2v) is 7.82. The highest BCUT2D eigenvalue weighted by Gasteiger charge is 2.50. The van der Waals surface area contributed by atoms with Gasteiger partial charge in [0.25, 0.3) is 0 Å². The molecule has 0 saturated heterocycles. The molecule has 0 N–H and O–H groups in total. The maximum Gasteiger partial charge on any atom is 0.146 e. The quantitative estimate of drug-likeness (QED) is 0.562. The van der Waals surface area contributed by atoms with Crippen LogP contribution in [-0.4, -0.2) is 20.5 Å². The van der Waals surface area contributed by atoms with Gasteiger partial charge in [-0.3, -0.25) is 0 Å². The lowest BCUT2D eigenvalue weighted by Crippen LogP contribution is -2.40. The first kappa shape index (κ1) is 16.0. The Morgan fingerprint density at radius 2 is 2.18 bits per heavy atom. The summed E-state index contributed by atoms with van der Waals surface area (Å²) in [6, 6.07) is 2.48. The number of hydrogen-bond donors (Lipinski definition) is 0. The van der Waals surface area contributed by atoms with E-state index in [9.17, 15) is 5.26 Å². The average molecular weight is 303 g/mol. The molecule has 0 bridgehead atoms. The molecule has 2 saturated carbocycles. The van der Waals surface area contributed by atoms with Crippen molar-refractivity contribution in [1.29, 1.82) is 5.26 Å². The summed E-state index contributed by atoms with van der Waals surface area (Å²) in [5, 5.41) is 9.41. The van der Waals surface area contributed by atoms with E-state index in [1.54, 1.807) is 7.11 Å². The summed E-state index contributed by atoms with van der Waals surface area (Å²) >= 11 is 0. The van der Waals surface area contributed by atoms with Gasteiger partial charge in [0.15, 0.2) is 0 Å². The fourth-order valence-electron chi connectivity index (χ4n) is 5.33. The van der Waals surface area contributed by atoms with E-state index in [2.05, 4.69) is 19.1 Å². The SMILES string of the molecule is COCOCC[C@@H]1CC[C@@H]2C[C@]3(C)C(C#N)=CC[C@H]3C[C@@H]2C1. The molecule has 122 valence electrons. The van der Waals surface area contributed by atoms with Crippen molar-refractivity contribution in [3.63, 3.8) is 0 Å². The predicted molar refractivity (Wildman–Crippen MR) is 85.9 cm³/mol. The van der Waals surface area contributed by atoms with Crippen molar-refractivity contribution >= 4 is 0 Å². The van der Waals surface area contributed by atoms with Gasteiger partial charge in [0.05, 0.1) is 6.07 Å². The Balaban J connectivity index is 1.55. The Labute approximate surface area is 134 Å². The minimum Gasteiger partial charge on any atom is -0.359 e. The van der Waals surface area contributed by atoms with Gasteiger partial charge in [0, 0.05) is 24.7 Å². The molecule has 0 aromatic carbocycles. The Morgan fingerprint density at radius 3 is 2.95 bits per heavy atom. The molecule has 0 aromatic heterocycles. The van der Waals surface area contributed by atoms with Gasteiger partial charge in [0.2, 0.25) is 0 Å². The number of hydrogen-bond acceptors (Lipinski definition) is 3. The van der Waals surface area contributed by atoms with Crippen LogP contribution in [0.2, 0.25) is 0 Å². The second-order valence-electron chi connectivity index (χ2n) is 7.82. The lowest BCUT2D eigenvalue weighted by molar-refractivity contribution is -0.0400. The first-order valence-corrected chi connectivity index (χ1v) is 8.84. The summed E-state index contributed by atoms with van der Waals surface area (Å²) < 4.78 is 10.4. The number of ether oxygens (including phenoxy) is 2. The Bertz CT molecular complexity index is 467. The zero-order valence-electron chi connectivity index (χ0n) is 14.0. The largest absolute Gasteiger partial charge is 0.359 e. The molecule has 3 heteroatoms. The third-order valence-electron chi connectivity index (χ3n) is 6.64. The molecule has 2 fully saturated rings. The van der Waals surface area contributed by atoms with Crippen molar-refractivity contribution in [2.24, 2.45) is 29.1 Å². The van der Waals surface area contributed by atoms with E-state index in [1.165, 1.54) is 38.5 Å². The van der Waals surface area contributed by atoms with Gasteiger partial charge in [0.1, 0.15) is 6.79 Å². The molecule has 3 aliphatic carbocycles. The Hall–Kier alpha value is -0.850. The first-order chi connectivity index (χ1) is 10.7. The molecular formula is C19H29NO2. The van der Waals surface area contributed by atoms with Crippen LogP contribution in [0.3, 0.4) is 0 Å². The number of rotatable bonds is 5. The highest BCUT2D eigenvalue weighted by molar-refractivity contribution is 5.35. The molecule has 5 atom stereocenters. The van der Waals surface area contributed by atoms with E-state index in [0.717, 1.165) is 36.4 Å². The van der Waals surface area contributed by atoms with E-state index < -0.39 is 0 Å². The molecule has 22 heavy (non-hydrogen) atoms. The number of fused-ring (bicyclic) bond motifs is 2. The van der Waals surface area contributed by atoms with Crippen LogP contribution in [0.1, 0.15) is 51.9 Å². The molecule has 3 rings (SSSR count). The Kier molecular flexibility index (Phi) is 4.90. The van der Waals surface area contributed by atoms with Crippen LogP contribution in [0.5, 0.6) is 0 Å². The van der Waals surface area contributed by atoms with Crippen molar-refractivity contribution in [1.82, 2.24) is 0 Å². The predicted octanol–water partition coefficient (Wildman–Crippen LogP) is 4.30. The molecule has 3 aliphatic rings. The molecular weight excluding hydrogens is 274 g/mol. The van der Waals surface area contributed by atoms with Gasteiger partial charge in [-0.2, -0.15) is 5.26 Å². The second kappa shape index (κ2) is 6.72. The molecule has 0 heterocycles. The summed E-state index contributed by atoms with van der Waals surface area (Å²) in [4.78, 5) is 0. The molecule has 0 aliphatic heterocycles. The third kappa shape index (κ3) is 2.96. The zero-order valence-corrected chi connectivity index (χ0v) is 14.0. The lowest BCUT2D eigenvalue weighted by atomic mass is 9.55. The smallest absolute Gasteiger partial charge is 0.146 e. The van der Waals surface area contributed by atoms with E-state index in [1.807, 2.05) is 0 Å². The number of nitrogens with zero attached hydrogens (tertiary/aromatic N) is 1. The summed E-state index contributed by atoms with van der Waals surface area (Å²) in [5.41, 5.74) is 1.26. The fourth-order valence-corrected chi connectivity index (χ4v) is 5.33. The molecule has 0 unspecified atom stereocenters. The van der Waals surface area contributed by atoms with E-state index >= 15 is 0 Å². The fraction of sp³-hybridized carbons (Fsp3) is 0.842.